The molecule has 0 aliphatic carbocycles. The van der Waals surface area contributed by atoms with E-state index in [9.17, 15) is 14.0 Å². The molecule has 0 spiro atoms. The Labute approximate surface area is 187 Å². The summed E-state index contributed by atoms with van der Waals surface area (Å²) in [7, 11) is 0. The fraction of sp³-hybridized carbons (Fsp3) is 0.217. The maximum atomic E-state index is 13.1. The normalized spacial score (nSPS) is 14.2. The molecular weight excluding hydrogens is 429 g/mol. The molecule has 2 aromatic carbocycles. The van der Waals surface area contributed by atoms with Crippen LogP contribution in [-0.2, 0) is 0 Å². The maximum Gasteiger partial charge on any atom is 0.277 e. The van der Waals surface area contributed by atoms with Crippen LogP contribution in [-0.4, -0.2) is 51.6 Å². The first-order valence-electron chi connectivity index (χ1n) is 10.3. The number of fused-ring (bicyclic) bond motifs is 1. The van der Waals surface area contributed by atoms with Crippen LogP contribution in [0.1, 0.15) is 15.9 Å². The van der Waals surface area contributed by atoms with Gasteiger partial charge in [-0.15, -0.1) is 0 Å². The number of hydrogen-bond donors (Lipinski definition) is 0. The van der Waals surface area contributed by atoms with Crippen molar-refractivity contribution < 1.29 is 9.18 Å². The predicted molar refractivity (Wildman–Crippen MR) is 122 cm³/mol. The molecular formula is C23H20FN5O2S. The van der Waals surface area contributed by atoms with Crippen LogP contribution in [0.25, 0.3) is 15.5 Å². The van der Waals surface area contributed by atoms with Crippen LogP contribution < -0.4 is 10.5 Å². The van der Waals surface area contributed by atoms with E-state index in [2.05, 4.69) is 10.1 Å². The van der Waals surface area contributed by atoms with Crippen molar-refractivity contribution in [1.82, 2.24) is 19.5 Å². The Morgan fingerprint density at radius 3 is 2.50 bits per heavy atom. The first-order chi connectivity index (χ1) is 15.5. The largest absolute Gasteiger partial charge is 0.353 e. The van der Waals surface area contributed by atoms with E-state index < -0.39 is 0 Å². The van der Waals surface area contributed by atoms with Crippen molar-refractivity contribution in [3.05, 3.63) is 81.9 Å². The van der Waals surface area contributed by atoms with Gasteiger partial charge in [-0.25, -0.2) is 9.37 Å². The fourth-order valence-electron chi connectivity index (χ4n) is 3.77. The van der Waals surface area contributed by atoms with Crippen LogP contribution in [0.3, 0.4) is 0 Å². The Balaban J connectivity index is 1.35. The SMILES string of the molecule is Cc1cccc(-c2nn3c(=O)cc(N4CCN(C(=O)c5ccc(F)cc5)CC4)nc3s2)c1. The lowest BCUT2D eigenvalue weighted by molar-refractivity contribution is 0.0746. The molecule has 0 radical (unpaired) electrons. The summed E-state index contributed by atoms with van der Waals surface area (Å²) >= 11 is 1.37. The van der Waals surface area contributed by atoms with Crippen molar-refractivity contribution in [2.24, 2.45) is 0 Å². The number of amides is 1. The Hall–Kier alpha value is -3.59. The number of carbonyl (C=O) groups excluding carboxylic acids is 1. The molecule has 0 bridgehead atoms. The van der Waals surface area contributed by atoms with Gasteiger partial charge in [-0.05, 0) is 37.3 Å². The summed E-state index contributed by atoms with van der Waals surface area (Å²) in [5.41, 5.74) is 2.31. The van der Waals surface area contributed by atoms with Gasteiger partial charge in [-0.3, -0.25) is 9.59 Å². The average Bonchev–Trinajstić information content (AvgIpc) is 3.24. The highest BCUT2D eigenvalue weighted by atomic mass is 32.1. The minimum Gasteiger partial charge on any atom is -0.353 e. The molecule has 3 heterocycles. The molecule has 1 fully saturated rings. The Bertz CT molecular complexity index is 1360. The molecule has 7 nitrogen and oxygen atoms in total. The summed E-state index contributed by atoms with van der Waals surface area (Å²) in [6, 6.07) is 15.0. The van der Waals surface area contributed by atoms with Crippen molar-refractivity contribution in [1.29, 1.82) is 0 Å². The van der Waals surface area contributed by atoms with Crippen LogP contribution in [0.5, 0.6) is 0 Å². The number of anilines is 1. The predicted octanol–water partition coefficient (Wildman–Crippen LogP) is 3.23. The van der Waals surface area contributed by atoms with Crippen LogP contribution in [0.15, 0.2) is 59.4 Å². The van der Waals surface area contributed by atoms with Crippen molar-refractivity contribution in [3.8, 4) is 10.6 Å². The lowest BCUT2D eigenvalue weighted by atomic mass is 10.1. The zero-order valence-corrected chi connectivity index (χ0v) is 18.2. The molecule has 9 heteroatoms. The summed E-state index contributed by atoms with van der Waals surface area (Å²) in [6.07, 6.45) is 0. The highest BCUT2D eigenvalue weighted by Crippen LogP contribution is 2.26. The van der Waals surface area contributed by atoms with Crippen LogP contribution in [0.2, 0.25) is 0 Å². The molecule has 5 rings (SSSR count). The molecule has 0 unspecified atom stereocenters. The van der Waals surface area contributed by atoms with E-state index in [1.54, 1.807) is 4.90 Å². The van der Waals surface area contributed by atoms with E-state index in [4.69, 9.17) is 0 Å². The first kappa shape index (κ1) is 20.3. The number of carbonyl (C=O) groups is 1. The van der Waals surface area contributed by atoms with Gasteiger partial charge >= 0.3 is 0 Å². The zero-order chi connectivity index (χ0) is 22.2. The molecule has 1 aliphatic rings. The molecule has 0 atom stereocenters. The quantitative estimate of drug-likeness (QED) is 0.480. The number of halogens is 1. The van der Waals surface area contributed by atoms with Gasteiger partial charge in [0.2, 0.25) is 4.96 Å². The van der Waals surface area contributed by atoms with Gasteiger partial charge in [-0.1, -0.05) is 35.1 Å². The topological polar surface area (TPSA) is 70.8 Å². The zero-order valence-electron chi connectivity index (χ0n) is 17.4. The molecule has 0 saturated carbocycles. The Morgan fingerprint density at radius 2 is 1.78 bits per heavy atom. The number of aromatic nitrogens is 3. The second-order valence-corrected chi connectivity index (χ2v) is 8.67. The van der Waals surface area contributed by atoms with Gasteiger partial charge in [0.1, 0.15) is 16.6 Å². The lowest BCUT2D eigenvalue weighted by Crippen LogP contribution is -2.49. The summed E-state index contributed by atoms with van der Waals surface area (Å²) in [5, 5.41) is 5.19. The van der Waals surface area contributed by atoms with Gasteiger partial charge in [0.15, 0.2) is 0 Å². The third-order valence-electron chi connectivity index (χ3n) is 5.48. The Morgan fingerprint density at radius 1 is 1.03 bits per heavy atom. The van der Waals surface area contributed by atoms with E-state index in [1.165, 1.54) is 46.2 Å². The maximum absolute atomic E-state index is 13.1. The second kappa shape index (κ2) is 8.16. The molecule has 32 heavy (non-hydrogen) atoms. The average molecular weight is 450 g/mol. The molecule has 1 saturated heterocycles. The van der Waals surface area contributed by atoms with E-state index in [0.717, 1.165) is 16.1 Å². The molecule has 1 amide bonds. The first-order valence-corrected chi connectivity index (χ1v) is 11.1. The van der Waals surface area contributed by atoms with Crippen molar-refractivity contribution in [2.75, 3.05) is 31.1 Å². The minimum absolute atomic E-state index is 0.126. The second-order valence-electron chi connectivity index (χ2n) is 7.71. The van der Waals surface area contributed by atoms with Gasteiger partial charge in [-0.2, -0.15) is 9.61 Å². The number of hydrogen-bond acceptors (Lipinski definition) is 6. The third kappa shape index (κ3) is 3.87. The highest BCUT2D eigenvalue weighted by Gasteiger charge is 2.24. The van der Waals surface area contributed by atoms with Crippen LogP contribution in [0.4, 0.5) is 10.2 Å². The molecule has 0 N–H and O–H groups in total. The van der Waals surface area contributed by atoms with Crippen molar-refractivity contribution >= 4 is 28.0 Å². The van der Waals surface area contributed by atoms with E-state index in [1.807, 2.05) is 36.1 Å². The molecule has 4 aromatic rings. The summed E-state index contributed by atoms with van der Waals surface area (Å²) in [4.78, 5) is 34.3. The summed E-state index contributed by atoms with van der Waals surface area (Å²) < 4.78 is 14.5. The van der Waals surface area contributed by atoms with Gasteiger partial charge in [0.25, 0.3) is 11.5 Å². The number of rotatable bonds is 3. The monoisotopic (exact) mass is 449 g/mol. The number of aryl methyl sites for hydroxylation is 1. The number of benzene rings is 2. The lowest BCUT2D eigenvalue weighted by Gasteiger charge is -2.35. The number of piperazine rings is 1. The van der Waals surface area contributed by atoms with E-state index in [0.29, 0.717) is 42.5 Å². The van der Waals surface area contributed by atoms with Crippen LogP contribution in [0, 0.1) is 12.7 Å². The standard InChI is InChI=1S/C23H20FN5O2S/c1-15-3-2-4-17(13-15)21-26-29-20(30)14-19(25-23(29)32-21)27-9-11-28(12-10-27)22(31)16-5-7-18(24)8-6-16/h2-8,13-14H,9-12H2,1H3. The van der Waals surface area contributed by atoms with E-state index >= 15 is 0 Å². The summed E-state index contributed by atoms with van der Waals surface area (Å²) in [5.74, 6) is 0.0921. The van der Waals surface area contributed by atoms with Gasteiger partial charge in [0, 0.05) is 43.4 Å². The Kier molecular flexibility index (Phi) is 5.18. The smallest absolute Gasteiger partial charge is 0.277 e. The van der Waals surface area contributed by atoms with Crippen molar-refractivity contribution in [2.45, 2.75) is 6.92 Å². The third-order valence-corrected chi connectivity index (χ3v) is 6.44. The number of nitrogens with zero attached hydrogens (tertiary/aromatic N) is 5. The van der Waals surface area contributed by atoms with E-state index in [-0.39, 0.29) is 17.3 Å². The molecule has 1 aliphatic heterocycles. The fourth-order valence-corrected chi connectivity index (χ4v) is 4.67. The van der Waals surface area contributed by atoms with Gasteiger partial charge < -0.3 is 9.80 Å². The molecule has 2 aromatic heterocycles. The van der Waals surface area contributed by atoms with Crippen LogP contribution >= 0.6 is 11.3 Å². The van der Waals surface area contributed by atoms with Gasteiger partial charge in [0.05, 0.1) is 0 Å². The highest BCUT2D eigenvalue weighted by molar-refractivity contribution is 7.19. The van der Waals surface area contributed by atoms with Crippen molar-refractivity contribution in [3.63, 3.8) is 0 Å². The minimum atomic E-state index is -0.368. The molecule has 162 valence electrons. The summed E-state index contributed by atoms with van der Waals surface area (Å²) in [6.45, 7) is 4.11.